The van der Waals surface area contributed by atoms with Gasteiger partial charge in [0.25, 0.3) is 0 Å². The highest BCUT2D eigenvalue weighted by Crippen LogP contribution is 2.46. The molecule has 1 aromatic carbocycles. The van der Waals surface area contributed by atoms with Crippen molar-refractivity contribution in [3.8, 4) is 0 Å². The van der Waals surface area contributed by atoms with Crippen molar-refractivity contribution in [2.45, 2.75) is 18.4 Å². The monoisotopic (exact) mass is 289 g/mol. The minimum Gasteiger partial charge on any atom is -0.312 e. The van der Waals surface area contributed by atoms with E-state index in [-0.39, 0.29) is 0 Å². The molecule has 0 heterocycles. The van der Waals surface area contributed by atoms with Crippen molar-refractivity contribution in [1.82, 2.24) is 5.32 Å². The Morgan fingerprint density at radius 3 is 1.89 bits per heavy atom. The minimum absolute atomic E-state index is 0.415. The average Bonchev–Trinajstić information content (AvgIpc) is 2.21. The van der Waals surface area contributed by atoms with Crippen LogP contribution in [0.3, 0.4) is 0 Å². The van der Waals surface area contributed by atoms with Gasteiger partial charge in [-0.15, -0.1) is 0 Å². The Hall–Kier alpha value is -1.31. The first-order chi connectivity index (χ1) is 8.57. The van der Waals surface area contributed by atoms with Crippen molar-refractivity contribution in [1.29, 1.82) is 0 Å². The van der Waals surface area contributed by atoms with Crippen molar-refractivity contribution in [3.63, 3.8) is 0 Å². The van der Waals surface area contributed by atoms with Gasteiger partial charge in [0.1, 0.15) is 5.82 Å². The fourth-order valence-corrected chi connectivity index (χ4v) is 1.79. The summed E-state index contributed by atoms with van der Waals surface area (Å²) in [7, 11) is 0.958. The van der Waals surface area contributed by atoms with E-state index in [2.05, 4.69) is 0 Å². The molecule has 0 aromatic heterocycles. The molecule has 1 aromatic rings. The summed E-state index contributed by atoms with van der Waals surface area (Å²) in [6.45, 7) is 0. The van der Waals surface area contributed by atoms with Crippen LogP contribution in [0.2, 0.25) is 0 Å². The third kappa shape index (κ3) is 3.82. The zero-order valence-corrected chi connectivity index (χ0v) is 9.61. The van der Waals surface area contributed by atoms with Gasteiger partial charge in [-0.3, -0.25) is 0 Å². The van der Waals surface area contributed by atoms with Gasteiger partial charge in [-0.05, 0) is 24.7 Å². The van der Waals surface area contributed by atoms with Crippen LogP contribution in [0.15, 0.2) is 24.3 Å². The lowest BCUT2D eigenvalue weighted by molar-refractivity contribution is -0.292. The van der Waals surface area contributed by atoms with Crippen molar-refractivity contribution in [3.05, 3.63) is 35.6 Å². The van der Waals surface area contributed by atoms with E-state index in [9.17, 15) is 30.7 Å². The van der Waals surface area contributed by atoms with E-state index >= 15 is 0 Å². The smallest absolute Gasteiger partial charge is 0.312 e. The third-order valence-corrected chi connectivity index (χ3v) is 2.56. The summed E-state index contributed by atoms with van der Waals surface area (Å²) >= 11 is 0. The molecule has 8 heteroatoms. The molecular formula is C11H10F7N. The van der Waals surface area contributed by atoms with Crippen molar-refractivity contribution < 1.29 is 30.7 Å². The maximum absolute atomic E-state index is 12.9. The van der Waals surface area contributed by atoms with Gasteiger partial charge in [0.05, 0.1) is 6.04 Å². The molecule has 0 spiro atoms. The molecule has 0 aliphatic carbocycles. The van der Waals surface area contributed by atoms with Gasteiger partial charge in [0.15, 0.2) is 5.92 Å². The third-order valence-electron chi connectivity index (χ3n) is 2.56. The Labute approximate surface area is 104 Å². The number of halogens is 7. The molecule has 0 aliphatic heterocycles. The van der Waals surface area contributed by atoms with E-state index in [1.54, 1.807) is 0 Å². The average molecular weight is 289 g/mol. The minimum atomic E-state index is -5.49. The van der Waals surface area contributed by atoms with E-state index < -0.39 is 35.7 Å². The molecule has 1 unspecified atom stereocenters. The van der Waals surface area contributed by atoms with Crippen LogP contribution in [-0.4, -0.2) is 19.4 Å². The summed E-state index contributed by atoms with van der Waals surface area (Å²) in [6.07, 6.45) is -11.0. The molecule has 0 saturated carbocycles. The van der Waals surface area contributed by atoms with Gasteiger partial charge in [-0.1, -0.05) is 12.1 Å². The summed E-state index contributed by atoms with van der Waals surface area (Å²) in [4.78, 5) is 0. The molecule has 1 atom stereocenters. The lowest BCUT2D eigenvalue weighted by Gasteiger charge is -2.30. The Kier molecular flexibility index (Phi) is 4.44. The van der Waals surface area contributed by atoms with Crippen LogP contribution in [0.25, 0.3) is 0 Å². The highest BCUT2D eigenvalue weighted by molar-refractivity contribution is 5.22. The summed E-state index contributed by atoms with van der Waals surface area (Å²) in [5, 5.41) is 1.95. The number of hydrogen-bond acceptors (Lipinski definition) is 1. The second kappa shape index (κ2) is 5.36. The fraction of sp³-hybridized carbons (Fsp3) is 0.455. The van der Waals surface area contributed by atoms with Crippen molar-refractivity contribution in [2.24, 2.45) is 5.92 Å². The summed E-state index contributed by atoms with van der Waals surface area (Å²) in [5.41, 5.74) is -0.415. The molecule has 108 valence electrons. The van der Waals surface area contributed by atoms with Gasteiger partial charge >= 0.3 is 12.4 Å². The highest BCUT2D eigenvalue weighted by atomic mass is 19.4. The predicted molar refractivity (Wildman–Crippen MR) is 53.8 cm³/mol. The molecule has 0 saturated heterocycles. The number of hydrogen-bond donors (Lipinski definition) is 1. The lowest BCUT2D eigenvalue weighted by Crippen LogP contribution is -2.45. The van der Waals surface area contributed by atoms with Gasteiger partial charge in [-0.25, -0.2) is 4.39 Å². The Morgan fingerprint density at radius 2 is 1.53 bits per heavy atom. The summed E-state index contributed by atoms with van der Waals surface area (Å²) in [5.74, 6) is -4.51. The summed E-state index contributed by atoms with van der Waals surface area (Å²) in [6, 6.07) is 1.54. The molecule has 0 amide bonds. The van der Waals surface area contributed by atoms with Crippen LogP contribution in [0.5, 0.6) is 0 Å². The van der Waals surface area contributed by atoms with E-state index in [0.717, 1.165) is 25.2 Å². The Bertz CT molecular complexity index is 410. The van der Waals surface area contributed by atoms with Gasteiger partial charge in [-0.2, -0.15) is 26.3 Å². The fourth-order valence-electron chi connectivity index (χ4n) is 1.79. The zero-order chi connectivity index (χ0) is 14.8. The van der Waals surface area contributed by atoms with Gasteiger partial charge in [0, 0.05) is 0 Å². The first kappa shape index (κ1) is 15.7. The SMILES string of the molecule is CNC(c1cccc(F)c1)C(C(F)(F)F)C(F)(F)F. The quantitative estimate of drug-likeness (QED) is 0.834. The van der Waals surface area contributed by atoms with Crippen molar-refractivity contribution >= 4 is 0 Å². The van der Waals surface area contributed by atoms with Crippen LogP contribution in [0.1, 0.15) is 11.6 Å². The van der Waals surface area contributed by atoms with Crippen LogP contribution in [-0.2, 0) is 0 Å². The second-order valence-corrected chi connectivity index (χ2v) is 3.88. The number of alkyl halides is 6. The molecule has 19 heavy (non-hydrogen) atoms. The first-order valence-corrected chi connectivity index (χ1v) is 5.13. The second-order valence-electron chi connectivity index (χ2n) is 3.88. The summed E-state index contributed by atoms with van der Waals surface area (Å²) < 4.78 is 88.4. The van der Waals surface area contributed by atoms with Crippen LogP contribution in [0.4, 0.5) is 30.7 Å². The van der Waals surface area contributed by atoms with E-state index in [1.165, 1.54) is 0 Å². The van der Waals surface area contributed by atoms with Crippen LogP contribution >= 0.6 is 0 Å². The van der Waals surface area contributed by atoms with E-state index in [1.807, 2.05) is 5.32 Å². The van der Waals surface area contributed by atoms with Crippen molar-refractivity contribution in [2.75, 3.05) is 7.05 Å². The highest BCUT2D eigenvalue weighted by Gasteiger charge is 2.60. The number of rotatable bonds is 3. The van der Waals surface area contributed by atoms with E-state index in [4.69, 9.17) is 0 Å². The number of nitrogens with one attached hydrogen (secondary N) is 1. The normalized spacial score (nSPS) is 14.8. The maximum atomic E-state index is 12.9. The molecule has 0 aliphatic rings. The molecule has 0 bridgehead atoms. The van der Waals surface area contributed by atoms with Gasteiger partial charge in [0.2, 0.25) is 0 Å². The molecule has 1 rings (SSSR count). The maximum Gasteiger partial charge on any atom is 0.402 e. The molecule has 1 nitrogen and oxygen atoms in total. The predicted octanol–water partition coefficient (Wildman–Crippen LogP) is 3.83. The van der Waals surface area contributed by atoms with Crippen LogP contribution in [0, 0.1) is 11.7 Å². The largest absolute Gasteiger partial charge is 0.402 e. The number of benzene rings is 1. The molecular weight excluding hydrogens is 279 g/mol. The zero-order valence-electron chi connectivity index (χ0n) is 9.61. The Morgan fingerprint density at radius 1 is 1.00 bits per heavy atom. The van der Waals surface area contributed by atoms with Gasteiger partial charge < -0.3 is 5.32 Å². The molecule has 1 N–H and O–H groups in total. The van der Waals surface area contributed by atoms with E-state index in [0.29, 0.717) is 6.07 Å². The molecule has 0 fully saturated rings. The Balaban J connectivity index is 3.25. The standard InChI is InChI=1S/C11H10F7N/c1-19-8(6-3-2-4-7(12)5-6)9(10(13,14)15)11(16,17)18/h2-5,8-9,19H,1H3. The topological polar surface area (TPSA) is 12.0 Å². The first-order valence-electron chi connectivity index (χ1n) is 5.13. The van der Waals surface area contributed by atoms with Crippen LogP contribution < -0.4 is 5.32 Å². The lowest BCUT2D eigenvalue weighted by atomic mass is 9.92. The molecule has 0 radical (unpaired) electrons.